The fourth-order valence-electron chi connectivity index (χ4n) is 4.68. The van der Waals surface area contributed by atoms with Gasteiger partial charge >= 0.3 is 153 Å². The van der Waals surface area contributed by atoms with Gasteiger partial charge in [0.25, 0.3) is 0 Å². The number of fused-ring (bicyclic) bond motifs is 3. The van der Waals surface area contributed by atoms with Crippen LogP contribution in [0.3, 0.4) is 0 Å². The molecule has 0 saturated heterocycles. The van der Waals surface area contributed by atoms with Gasteiger partial charge in [-0.15, -0.1) is 46.2 Å². The van der Waals surface area contributed by atoms with Gasteiger partial charge in [-0.1, -0.05) is 36.4 Å². The Hall–Kier alpha value is -2.02. The van der Waals surface area contributed by atoms with Crippen LogP contribution < -0.4 is 35.2 Å². The summed E-state index contributed by atoms with van der Waals surface area (Å²) in [5.41, 5.74) is 2.80. The maximum absolute atomic E-state index is 2.99. The molecule has 1 aliphatic rings. The van der Waals surface area contributed by atoms with Gasteiger partial charge in [-0.3, -0.25) is 6.08 Å². The number of halogens is 2. The Bertz CT molecular complexity index is 1510. The third-order valence-electron chi connectivity index (χ3n) is 7.19. The average molecular weight is 790 g/mol. The molecule has 0 aliphatic heterocycles. The zero-order valence-corrected chi connectivity index (χ0v) is 32.6. The van der Waals surface area contributed by atoms with E-state index in [1.165, 1.54) is 35.9 Å². The third kappa shape index (κ3) is 9.75. The monoisotopic (exact) mass is 790 g/mol. The Labute approximate surface area is 282 Å². The molecule has 0 spiro atoms. The molecule has 0 heterocycles. The Morgan fingerprint density at radius 2 is 1.02 bits per heavy atom. The summed E-state index contributed by atoms with van der Waals surface area (Å²) < 4.78 is 1.50. The van der Waals surface area contributed by atoms with E-state index in [1.807, 2.05) is 12.2 Å². The zero-order chi connectivity index (χ0) is 28.8. The van der Waals surface area contributed by atoms with E-state index in [0.717, 1.165) is 30.3 Å². The molecule has 0 bridgehead atoms. The SMILES string of the molecule is C[Si](C)(C)c1ccc([C](=[Hf+2])c2ccc([Si](C)(C)C)cc2)cc1.[C-]1=CC=CC1.[Cl-].[Cl-].c1ccc2c(c1)[cH-]c1ccccc12. The minimum atomic E-state index is -1.19. The van der Waals surface area contributed by atoms with Gasteiger partial charge in [-0.2, -0.15) is 6.08 Å². The summed E-state index contributed by atoms with van der Waals surface area (Å²) in [5.74, 6) is 0. The molecule has 0 nitrogen and oxygen atoms in total. The first kappa shape index (κ1) is 36.2. The molecule has 0 unspecified atom stereocenters. The summed E-state index contributed by atoms with van der Waals surface area (Å²) >= 11 is 1.08. The summed E-state index contributed by atoms with van der Waals surface area (Å²) in [7, 11) is -2.38. The molecule has 0 amide bonds. The summed E-state index contributed by atoms with van der Waals surface area (Å²) in [4.78, 5) is 0. The number of benzene rings is 4. The van der Waals surface area contributed by atoms with Gasteiger partial charge in [-0.05, 0) is 0 Å². The Morgan fingerprint density at radius 3 is 1.33 bits per heavy atom. The van der Waals surface area contributed by atoms with Crippen LogP contribution in [0.25, 0.3) is 21.5 Å². The van der Waals surface area contributed by atoms with E-state index in [-0.39, 0.29) is 24.8 Å². The first-order chi connectivity index (χ1) is 19.0. The molecule has 0 saturated carbocycles. The van der Waals surface area contributed by atoms with Crippen LogP contribution in [-0.4, -0.2) is 19.4 Å². The van der Waals surface area contributed by atoms with E-state index in [1.54, 1.807) is 10.4 Å². The van der Waals surface area contributed by atoms with E-state index in [4.69, 9.17) is 0 Å². The van der Waals surface area contributed by atoms with Crippen molar-refractivity contribution >= 4 is 51.3 Å². The molecule has 1 aliphatic carbocycles. The predicted molar refractivity (Wildman–Crippen MR) is 181 cm³/mol. The van der Waals surface area contributed by atoms with E-state index < -0.39 is 16.1 Å². The number of rotatable bonds is 4. The summed E-state index contributed by atoms with van der Waals surface area (Å²) in [6, 6.07) is 37.9. The molecule has 0 atom stereocenters. The van der Waals surface area contributed by atoms with Crippen LogP contribution in [0.5, 0.6) is 0 Å². The fraction of sp³-hybridized carbons (Fsp3) is 0.189. The van der Waals surface area contributed by atoms with Crippen molar-refractivity contribution in [1.82, 2.24) is 0 Å². The van der Waals surface area contributed by atoms with Crippen LogP contribution >= 0.6 is 0 Å². The molecule has 5 aromatic carbocycles. The zero-order valence-electron chi connectivity index (χ0n) is 25.5. The van der Waals surface area contributed by atoms with E-state index in [2.05, 4.69) is 155 Å². The maximum atomic E-state index is 2.99. The van der Waals surface area contributed by atoms with Crippen molar-refractivity contribution in [2.24, 2.45) is 0 Å². The Balaban J connectivity index is 0.000000258. The van der Waals surface area contributed by atoms with E-state index in [0.29, 0.717) is 0 Å². The van der Waals surface area contributed by atoms with Crippen molar-refractivity contribution in [2.45, 2.75) is 45.7 Å². The second kappa shape index (κ2) is 16.2. The molecule has 0 fully saturated rings. The minimum absolute atomic E-state index is 0. The van der Waals surface area contributed by atoms with Gasteiger partial charge in [-0.25, -0.2) is 12.2 Å². The van der Waals surface area contributed by atoms with E-state index >= 15 is 0 Å². The number of hydrogen-bond acceptors (Lipinski definition) is 0. The van der Waals surface area contributed by atoms with Crippen LogP contribution in [0.4, 0.5) is 0 Å². The Kier molecular flexibility index (Phi) is 13.9. The molecule has 5 heteroatoms. The normalized spacial score (nSPS) is 12.0. The quantitative estimate of drug-likeness (QED) is 0.194. The molecule has 6 rings (SSSR count). The van der Waals surface area contributed by atoms with Crippen LogP contribution in [-0.2, 0) is 23.9 Å². The number of allylic oxidation sites excluding steroid dienone is 4. The topological polar surface area (TPSA) is 0 Å². The molecule has 216 valence electrons. The van der Waals surface area contributed by atoms with Gasteiger partial charge in [0.1, 0.15) is 0 Å². The second-order valence-corrected chi connectivity index (χ2v) is 24.3. The number of hydrogen-bond donors (Lipinski definition) is 0. The molecule has 5 aromatic rings. The van der Waals surface area contributed by atoms with Gasteiger partial charge in [0.05, 0.1) is 0 Å². The molecular formula is C37H40Cl2HfSi2-2. The van der Waals surface area contributed by atoms with Crippen molar-refractivity contribution in [2.75, 3.05) is 0 Å². The minimum Gasteiger partial charge on any atom is -1.00 e. The van der Waals surface area contributed by atoms with Crippen LogP contribution in [0.2, 0.25) is 39.3 Å². The largest absolute Gasteiger partial charge is 1.00 e. The van der Waals surface area contributed by atoms with Crippen LogP contribution in [0.15, 0.2) is 121 Å². The molecule has 0 aromatic heterocycles. The van der Waals surface area contributed by atoms with Crippen LogP contribution in [0.1, 0.15) is 17.5 Å². The standard InChI is InChI=1S/C19H26Si2.C13H9.C5H5.2ClH.Hf/c1-20(2,3)18-11-7-16(8-12-18)15-17-9-13-19(14-10-17)21(4,5)6;1-3-7-12-10(5-1)9-11-6-2-4-8-13(11)12;1-2-4-5-3-1;;;/h7-14H,1-6H3;1-9H;1-3H,4H2;2*1H;/q;2*-1;;;+2/p-2. The molecule has 0 radical (unpaired) electrons. The third-order valence-corrected chi connectivity index (χ3v) is 13.4. The van der Waals surface area contributed by atoms with Gasteiger partial charge in [0.2, 0.25) is 0 Å². The first-order valence-electron chi connectivity index (χ1n) is 14.1. The summed E-state index contributed by atoms with van der Waals surface area (Å²) in [5, 5.41) is 8.48. The first-order valence-corrected chi connectivity index (χ1v) is 22.9. The molecule has 0 N–H and O–H groups in total. The maximum Gasteiger partial charge on any atom is -0.0771 e. The van der Waals surface area contributed by atoms with Crippen molar-refractivity contribution in [1.29, 1.82) is 0 Å². The average Bonchev–Trinajstić information content (AvgIpc) is 3.64. The van der Waals surface area contributed by atoms with Gasteiger partial charge in [0.15, 0.2) is 0 Å². The Morgan fingerprint density at radius 1 is 0.619 bits per heavy atom. The van der Waals surface area contributed by atoms with Crippen LogP contribution in [0, 0.1) is 6.08 Å². The van der Waals surface area contributed by atoms with E-state index in [9.17, 15) is 0 Å². The summed E-state index contributed by atoms with van der Waals surface area (Å²) in [6.45, 7) is 14.4. The molecule has 42 heavy (non-hydrogen) atoms. The van der Waals surface area contributed by atoms with Crippen molar-refractivity contribution in [3.05, 3.63) is 139 Å². The van der Waals surface area contributed by atoms with Crippen molar-refractivity contribution < 1.29 is 48.7 Å². The predicted octanol–water partition coefficient (Wildman–Crippen LogP) is 2.92. The smallest absolute Gasteiger partial charge is 0.0771 e. The van der Waals surface area contributed by atoms with Gasteiger partial charge in [0, 0.05) is 0 Å². The van der Waals surface area contributed by atoms with Crippen molar-refractivity contribution in [3.63, 3.8) is 0 Å². The second-order valence-electron chi connectivity index (χ2n) is 12.4. The summed E-state index contributed by atoms with van der Waals surface area (Å²) in [6.07, 6.45) is 10.0. The molecular weight excluding hydrogens is 750 g/mol. The van der Waals surface area contributed by atoms with Gasteiger partial charge < -0.3 is 24.8 Å². The fourth-order valence-corrected chi connectivity index (χ4v) is 8.22. The van der Waals surface area contributed by atoms with Crippen molar-refractivity contribution in [3.8, 4) is 0 Å².